The first-order chi connectivity index (χ1) is 13.1. The molecule has 10 heteroatoms. The van der Waals surface area contributed by atoms with Gasteiger partial charge in [0, 0.05) is 12.7 Å². The summed E-state index contributed by atoms with van der Waals surface area (Å²) >= 11 is 1.17. The van der Waals surface area contributed by atoms with E-state index in [1.165, 1.54) is 11.8 Å². The summed E-state index contributed by atoms with van der Waals surface area (Å²) in [6.07, 6.45) is 1.55. The largest absolute Gasteiger partial charge is 0.497 e. The highest BCUT2D eigenvalue weighted by Crippen LogP contribution is 2.22. The third-order valence-electron chi connectivity index (χ3n) is 3.51. The van der Waals surface area contributed by atoms with E-state index in [0.717, 1.165) is 0 Å². The van der Waals surface area contributed by atoms with Crippen molar-refractivity contribution in [2.24, 2.45) is 7.05 Å². The fourth-order valence-electron chi connectivity index (χ4n) is 2.19. The number of carbonyl (C=O) groups excluding carboxylic acids is 2. The van der Waals surface area contributed by atoms with E-state index in [4.69, 9.17) is 9.15 Å². The molecule has 0 aliphatic carbocycles. The van der Waals surface area contributed by atoms with Crippen LogP contribution in [0.3, 0.4) is 0 Å². The van der Waals surface area contributed by atoms with E-state index in [2.05, 4.69) is 20.8 Å². The lowest BCUT2D eigenvalue weighted by atomic mass is 10.3. The number of furan rings is 1. The van der Waals surface area contributed by atoms with Crippen LogP contribution in [0.4, 0.5) is 10.5 Å². The van der Waals surface area contributed by atoms with Crippen LogP contribution < -0.4 is 15.4 Å². The number of hydrogen-bond acceptors (Lipinski definition) is 7. The molecule has 2 aromatic heterocycles. The number of nitrogens with zero attached hydrogens (tertiary/aromatic N) is 3. The Kier molecular flexibility index (Phi) is 5.77. The number of ether oxygens (including phenoxy) is 1. The van der Waals surface area contributed by atoms with E-state index in [1.807, 2.05) is 0 Å². The Morgan fingerprint density at radius 2 is 2.00 bits per heavy atom. The van der Waals surface area contributed by atoms with Crippen LogP contribution in [-0.4, -0.2) is 39.6 Å². The molecule has 2 heterocycles. The number of benzene rings is 1. The highest BCUT2D eigenvalue weighted by Gasteiger charge is 2.15. The molecule has 9 nitrogen and oxygen atoms in total. The number of nitrogens with one attached hydrogen (secondary N) is 2. The van der Waals surface area contributed by atoms with Crippen molar-refractivity contribution in [1.82, 2.24) is 20.1 Å². The van der Waals surface area contributed by atoms with Gasteiger partial charge in [-0.25, -0.2) is 4.79 Å². The second-order valence-corrected chi connectivity index (χ2v) is 6.30. The predicted molar refractivity (Wildman–Crippen MR) is 99.6 cm³/mol. The maximum Gasteiger partial charge on any atom is 0.325 e. The van der Waals surface area contributed by atoms with Crippen molar-refractivity contribution in [2.45, 2.75) is 5.16 Å². The maximum atomic E-state index is 12.0. The number of imide groups is 1. The SMILES string of the molecule is COc1ccc(NC(=O)NC(=O)CSc2nnc(-c3ccco3)n2C)cc1. The van der Waals surface area contributed by atoms with Crippen LogP contribution in [0.1, 0.15) is 0 Å². The Morgan fingerprint density at radius 3 is 2.67 bits per heavy atom. The quantitative estimate of drug-likeness (QED) is 0.625. The molecule has 2 N–H and O–H groups in total. The minimum Gasteiger partial charge on any atom is -0.497 e. The normalized spacial score (nSPS) is 10.4. The number of rotatable bonds is 6. The first-order valence-corrected chi connectivity index (χ1v) is 8.86. The van der Waals surface area contributed by atoms with E-state index >= 15 is 0 Å². The van der Waals surface area contributed by atoms with Gasteiger partial charge in [-0.3, -0.25) is 10.1 Å². The number of anilines is 1. The van der Waals surface area contributed by atoms with Crippen LogP contribution in [-0.2, 0) is 11.8 Å². The summed E-state index contributed by atoms with van der Waals surface area (Å²) in [5.41, 5.74) is 0.546. The highest BCUT2D eigenvalue weighted by molar-refractivity contribution is 7.99. The Bertz CT molecular complexity index is 921. The number of carbonyl (C=O) groups is 2. The average Bonchev–Trinajstić information content (AvgIpc) is 3.30. The minimum absolute atomic E-state index is 0.0140. The Balaban J connectivity index is 1.50. The summed E-state index contributed by atoms with van der Waals surface area (Å²) < 4.78 is 12.1. The fourth-order valence-corrected chi connectivity index (χ4v) is 2.90. The highest BCUT2D eigenvalue weighted by atomic mass is 32.2. The molecule has 0 saturated carbocycles. The number of methoxy groups -OCH3 is 1. The summed E-state index contributed by atoms with van der Waals surface area (Å²) in [5, 5.41) is 13.4. The lowest BCUT2D eigenvalue weighted by Crippen LogP contribution is -2.35. The number of amides is 3. The van der Waals surface area contributed by atoms with Gasteiger partial charge in [-0.2, -0.15) is 0 Å². The van der Waals surface area contributed by atoms with Gasteiger partial charge in [0.15, 0.2) is 16.7 Å². The minimum atomic E-state index is -0.611. The van der Waals surface area contributed by atoms with Crippen LogP contribution in [0.5, 0.6) is 5.75 Å². The molecule has 3 aromatic rings. The average molecular weight is 387 g/mol. The molecule has 140 valence electrons. The van der Waals surface area contributed by atoms with Gasteiger partial charge in [-0.15, -0.1) is 10.2 Å². The molecule has 0 aliphatic rings. The van der Waals surface area contributed by atoms with Crippen molar-refractivity contribution < 1.29 is 18.7 Å². The van der Waals surface area contributed by atoms with Gasteiger partial charge in [0.1, 0.15) is 5.75 Å². The predicted octanol–water partition coefficient (Wildman–Crippen LogP) is 2.52. The smallest absolute Gasteiger partial charge is 0.325 e. The molecule has 0 saturated heterocycles. The molecular weight excluding hydrogens is 370 g/mol. The summed E-state index contributed by atoms with van der Waals surface area (Å²) in [6.45, 7) is 0. The number of urea groups is 1. The van der Waals surface area contributed by atoms with Crippen LogP contribution in [0, 0.1) is 0 Å². The summed E-state index contributed by atoms with van der Waals surface area (Å²) in [6, 6.07) is 9.68. The van der Waals surface area contributed by atoms with Crippen LogP contribution in [0.25, 0.3) is 11.6 Å². The monoisotopic (exact) mass is 387 g/mol. The molecule has 0 atom stereocenters. The topological polar surface area (TPSA) is 111 Å². The third-order valence-corrected chi connectivity index (χ3v) is 4.53. The number of aromatic nitrogens is 3. The number of hydrogen-bond donors (Lipinski definition) is 2. The van der Waals surface area contributed by atoms with Crippen molar-refractivity contribution in [3.05, 3.63) is 42.7 Å². The molecule has 0 aliphatic heterocycles. The molecule has 27 heavy (non-hydrogen) atoms. The molecule has 0 bridgehead atoms. The van der Waals surface area contributed by atoms with Crippen LogP contribution >= 0.6 is 11.8 Å². The van der Waals surface area contributed by atoms with E-state index in [1.54, 1.807) is 61.4 Å². The molecule has 0 spiro atoms. The second kappa shape index (κ2) is 8.41. The van der Waals surface area contributed by atoms with Crippen molar-refractivity contribution in [2.75, 3.05) is 18.2 Å². The van der Waals surface area contributed by atoms with Gasteiger partial charge in [-0.1, -0.05) is 11.8 Å². The molecule has 0 unspecified atom stereocenters. The zero-order valence-electron chi connectivity index (χ0n) is 14.6. The zero-order chi connectivity index (χ0) is 19.2. The first-order valence-electron chi connectivity index (χ1n) is 7.88. The molecule has 0 fully saturated rings. The van der Waals surface area contributed by atoms with Crippen LogP contribution in [0.2, 0.25) is 0 Å². The molecule has 0 radical (unpaired) electrons. The fraction of sp³-hybridized carbons (Fsp3) is 0.176. The van der Waals surface area contributed by atoms with Gasteiger partial charge in [0.2, 0.25) is 5.91 Å². The van der Waals surface area contributed by atoms with Gasteiger partial charge in [-0.05, 0) is 36.4 Å². The Labute approximate surface area is 159 Å². The van der Waals surface area contributed by atoms with E-state index < -0.39 is 11.9 Å². The summed E-state index contributed by atoms with van der Waals surface area (Å²) in [7, 11) is 3.33. The van der Waals surface area contributed by atoms with Crippen molar-refractivity contribution in [3.63, 3.8) is 0 Å². The van der Waals surface area contributed by atoms with Crippen molar-refractivity contribution >= 4 is 29.4 Å². The Hall–Kier alpha value is -3.27. The van der Waals surface area contributed by atoms with Gasteiger partial charge >= 0.3 is 6.03 Å². The molecule has 1 aromatic carbocycles. The van der Waals surface area contributed by atoms with E-state index in [-0.39, 0.29) is 5.75 Å². The van der Waals surface area contributed by atoms with Crippen molar-refractivity contribution in [1.29, 1.82) is 0 Å². The second-order valence-electron chi connectivity index (χ2n) is 5.36. The van der Waals surface area contributed by atoms with E-state index in [9.17, 15) is 9.59 Å². The number of thioether (sulfide) groups is 1. The summed E-state index contributed by atoms with van der Waals surface area (Å²) in [5.74, 6) is 1.38. The standard InChI is InChI=1S/C17H17N5O4S/c1-22-15(13-4-3-9-26-13)20-21-17(22)27-10-14(23)19-16(24)18-11-5-7-12(25-2)8-6-11/h3-9H,10H2,1-2H3,(H2,18,19,23,24). The molecular formula is C17H17N5O4S. The maximum absolute atomic E-state index is 12.0. The van der Waals surface area contributed by atoms with E-state index in [0.29, 0.717) is 28.2 Å². The van der Waals surface area contributed by atoms with Gasteiger partial charge in [0.25, 0.3) is 0 Å². The van der Waals surface area contributed by atoms with Gasteiger partial charge < -0.3 is 19.0 Å². The Morgan fingerprint density at radius 1 is 1.22 bits per heavy atom. The van der Waals surface area contributed by atoms with Crippen molar-refractivity contribution in [3.8, 4) is 17.3 Å². The first kappa shape index (κ1) is 18.5. The lowest BCUT2D eigenvalue weighted by Gasteiger charge is -2.07. The molecule has 3 rings (SSSR count). The van der Waals surface area contributed by atoms with Gasteiger partial charge in [0.05, 0.1) is 19.1 Å². The lowest BCUT2D eigenvalue weighted by molar-refractivity contribution is -0.117. The zero-order valence-corrected chi connectivity index (χ0v) is 15.4. The third kappa shape index (κ3) is 4.67. The molecule has 3 amide bonds. The van der Waals surface area contributed by atoms with Crippen LogP contribution in [0.15, 0.2) is 52.2 Å². The summed E-state index contributed by atoms with van der Waals surface area (Å²) in [4.78, 5) is 23.9.